The molecule has 0 saturated heterocycles. The molecular weight excluding hydrogens is 329 g/mol. The third kappa shape index (κ3) is 6.37. The maximum absolute atomic E-state index is 12.1. The Bertz CT molecular complexity index is 605. The molecule has 0 aliphatic rings. The summed E-state index contributed by atoms with van der Waals surface area (Å²) >= 11 is 0. The molecule has 0 aliphatic heterocycles. The molecule has 0 aromatic heterocycles. The van der Waals surface area contributed by atoms with Gasteiger partial charge in [-0.1, -0.05) is 12.1 Å². The van der Waals surface area contributed by atoms with Crippen LogP contribution in [-0.4, -0.2) is 39.8 Å². The van der Waals surface area contributed by atoms with Crippen molar-refractivity contribution >= 4 is 19.3 Å². The molecule has 5 N–H and O–H groups in total. The van der Waals surface area contributed by atoms with Gasteiger partial charge in [0.1, 0.15) is 5.75 Å². The number of aliphatic carboxylic acids is 1. The Morgan fingerprint density at radius 1 is 1.35 bits per heavy atom. The molecule has 1 unspecified atom stereocenters. The van der Waals surface area contributed by atoms with Crippen molar-refractivity contribution in [1.29, 1.82) is 0 Å². The summed E-state index contributed by atoms with van der Waals surface area (Å²) in [5, 5.41) is 18.6. The monoisotopic (exact) mass is 347 g/mol. The second-order valence-corrected chi connectivity index (χ2v) is 7.15. The molecule has 0 saturated carbocycles. The molecule has 0 bridgehead atoms. The first kappa shape index (κ1) is 19.1. The Balaban J connectivity index is 2.72. The van der Waals surface area contributed by atoms with Crippen LogP contribution in [0.3, 0.4) is 0 Å². The van der Waals surface area contributed by atoms with Gasteiger partial charge in [0.2, 0.25) is 7.37 Å². The first-order valence-corrected chi connectivity index (χ1v) is 8.51. The number of aliphatic hydroxyl groups excluding tert-OH is 1. The van der Waals surface area contributed by atoms with Gasteiger partial charge in [-0.15, -0.1) is 0 Å². The Morgan fingerprint density at radius 3 is 2.65 bits per heavy atom. The summed E-state index contributed by atoms with van der Waals surface area (Å²) in [5.41, 5.74) is 0.111. The zero-order valence-corrected chi connectivity index (χ0v) is 13.0. The van der Waals surface area contributed by atoms with E-state index in [4.69, 9.17) is 9.84 Å². The Kier molecular flexibility index (Phi) is 7.18. The fraction of sp³-hybridized carbons (Fsp3) is 0.385. The predicted octanol–water partition coefficient (Wildman–Crippen LogP) is 0.608. The highest BCUT2D eigenvalue weighted by molar-refractivity contribution is 7.58. The number of carbonyl (C=O) groups excluding carboxylic acids is 1. The van der Waals surface area contributed by atoms with Crippen LogP contribution in [0.4, 0.5) is 0 Å². The number of carboxylic acids is 1. The van der Waals surface area contributed by atoms with Crippen LogP contribution in [0.15, 0.2) is 24.3 Å². The van der Waals surface area contributed by atoms with Crippen molar-refractivity contribution in [2.24, 2.45) is 5.90 Å². The van der Waals surface area contributed by atoms with Crippen molar-refractivity contribution < 1.29 is 38.8 Å². The van der Waals surface area contributed by atoms with Gasteiger partial charge in [-0.05, 0) is 24.1 Å². The van der Waals surface area contributed by atoms with Gasteiger partial charge in [-0.25, -0.2) is 4.79 Å². The molecule has 128 valence electrons. The van der Waals surface area contributed by atoms with Crippen LogP contribution in [0, 0.1) is 0 Å². The molecule has 0 amide bonds. The van der Waals surface area contributed by atoms with Gasteiger partial charge in [0.05, 0.1) is 0 Å². The molecule has 2 atom stereocenters. The lowest BCUT2D eigenvalue weighted by molar-refractivity contribution is -0.144. The fourth-order valence-electron chi connectivity index (χ4n) is 1.77. The van der Waals surface area contributed by atoms with Crippen LogP contribution in [-0.2, 0) is 19.0 Å². The Morgan fingerprint density at radius 2 is 2.04 bits per heavy atom. The summed E-state index contributed by atoms with van der Waals surface area (Å²) in [5.74, 6) is 1.24. The maximum atomic E-state index is 12.1. The molecular formula is C13H18NO8P. The van der Waals surface area contributed by atoms with Crippen molar-refractivity contribution in [1.82, 2.24) is 0 Å². The highest BCUT2D eigenvalue weighted by Gasteiger charge is 2.30. The van der Waals surface area contributed by atoms with E-state index in [9.17, 15) is 24.2 Å². The van der Waals surface area contributed by atoms with Crippen LogP contribution < -0.4 is 10.6 Å². The summed E-state index contributed by atoms with van der Waals surface area (Å²) in [4.78, 5) is 35.2. The normalized spacial score (nSPS) is 14.6. The SMILES string of the molecule is NOC(=O)CCCP(=O)(O)[C@H](O)c1cccc(OCC(=O)O)c1. The van der Waals surface area contributed by atoms with Gasteiger partial charge in [-0.2, -0.15) is 5.90 Å². The first-order valence-electron chi connectivity index (χ1n) is 6.60. The third-order valence-corrected chi connectivity index (χ3v) is 4.91. The highest BCUT2D eigenvalue weighted by atomic mass is 31.2. The average Bonchev–Trinajstić information content (AvgIpc) is 2.52. The second kappa shape index (κ2) is 8.64. The Hall–Kier alpha value is -1.93. The lowest BCUT2D eigenvalue weighted by atomic mass is 10.2. The number of carboxylic acid groups (broad SMARTS) is 1. The van der Waals surface area contributed by atoms with E-state index in [1.54, 1.807) is 0 Å². The zero-order chi connectivity index (χ0) is 17.5. The lowest BCUT2D eigenvalue weighted by Crippen LogP contribution is -2.11. The van der Waals surface area contributed by atoms with E-state index < -0.39 is 31.8 Å². The number of benzene rings is 1. The number of hydrogen-bond acceptors (Lipinski definition) is 7. The average molecular weight is 347 g/mol. The minimum atomic E-state index is -3.99. The van der Waals surface area contributed by atoms with Crippen molar-refractivity contribution in [2.45, 2.75) is 18.7 Å². The van der Waals surface area contributed by atoms with E-state index in [0.29, 0.717) is 0 Å². The van der Waals surface area contributed by atoms with E-state index in [1.807, 2.05) is 0 Å². The summed E-state index contributed by atoms with van der Waals surface area (Å²) in [6, 6.07) is 5.61. The minimum Gasteiger partial charge on any atom is -0.482 e. The highest BCUT2D eigenvalue weighted by Crippen LogP contribution is 2.54. The third-order valence-electron chi connectivity index (χ3n) is 2.89. The number of rotatable bonds is 9. The Labute approximate surface area is 132 Å². The molecule has 0 fully saturated rings. The number of ether oxygens (including phenoxy) is 1. The molecule has 0 heterocycles. The van der Waals surface area contributed by atoms with Gasteiger partial charge in [-0.3, -0.25) is 9.36 Å². The molecule has 0 aliphatic carbocycles. The fourth-order valence-corrected chi connectivity index (χ4v) is 3.26. The number of carbonyl (C=O) groups is 2. The van der Waals surface area contributed by atoms with Gasteiger partial charge in [0.25, 0.3) is 0 Å². The molecule has 0 radical (unpaired) electrons. The quantitative estimate of drug-likeness (QED) is 0.371. The van der Waals surface area contributed by atoms with E-state index >= 15 is 0 Å². The topological polar surface area (TPSA) is 156 Å². The van der Waals surface area contributed by atoms with Gasteiger partial charge in [0, 0.05) is 12.6 Å². The molecule has 10 heteroatoms. The smallest absolute Gasteiger partial charge is 0.341 e. The van der Waals surface area contributed by atoms with Crippen molar-refractivity contribution in [3.05, 3.63) is 29.8 Å². The molecule has 1 rings (SSSR count). The number of nitrogens with two attached hydrogens (primary N) is 1. The van der Waals surface area contributed by atoms with Crippen molar-refractivity contribution in [3.8, 4) is 5.75 Å². The van der Waals surface area contributed by atoms with Crippen LogP contribution in [0.5, 0.6) is 5.75 Å². The summed E-state index contributed by atoms with van der Waals surface area (Å²) in [7, 11) is -3.99. The standard InChI is InChI=1S/C13H18NO8P/c14-22-12(17)5-2-6-23(19,20)13(18)9-3-1-4-10(7-9)21-8-11(15)16/h1,3-4,7,13,18H,2,5-6,8,14H2,(H,15,16)(H,19,20)/t13-/m0/s1. The van der Waals surface area contributed by atoms with Gasteiger partial charge in [0.15, 0.2) is 12.5 Å². The summed E-state index contributed by atoms with van der Waals surface area (Å²) in [6.07, 6.45) is -0.422. The predicted molar refractivity (Wildman–Crippen MR) is 78.7 cm³/mol. The summed E-state index contributed by atoms with van der Waals surface area (Å²) < 4.78 is 17.1. The molecule has 23 heavy (non-hydrogen) atoms. The van der Waals surface area contributed by atoms with Crippen LogP contribution in [0.2, 0.25) is 0 Å². The van der Waals surface area contributed by atoms with E-state index in [0.717, 1.165) is 0 Å². The molecule has 9 nitrogen and oxygen atoms in total. The maximum Gasteiger partial charge on any atom is 0.341 e. The van der Waals surface area contributed by atoms with Crippen molar-refractivity contribution in [2.75, 3.05) is 12.8 Å². The summed E-state index contributed by atoms with van der Waals surface area (Å²) in [6.45, 7) is -0.572. The van der Waals surface area contributed by atoms with E-state index in [2.05, 4.69) is 10.7 Å². The van der Waals surface area contributed by atoms with Gasteiger partial charge < -0.3 is 24.7 Å². The number of aliphatic hydroxyl groups is 1. The van der Waals surface area contributed by atoms with Crippen LogP contribution in [0.25, 0.3) is 0 Å². The molecule has 1 aromatic rings. The van der Waals surface area contributed by atoms with E-state index in [1.165, 1.54) is 24.3 Å². The molecule has 1 aromatic carbocycles. The minimum absolute atomic E-state index is 0.0239. The zero-order valence-electron chi connectivity index (χ0n) is 12.1. The second-order valence-electron chi connectivity index (χ2n) is 4.70. The van der Waals surface area contributed by atoms with E-state index in [-0.39, 0.29) is 30.3 Å². The molecule has 0 spiro atoms. The first-order chi connectivity index (χ1) is 10.8. The lowest BCUT2D eigenvalue weighted by Gasteiger charge is -2.19. The number of hydrogen-bond donors (Lipinski definition) is 4. The van der Waals surface area contributed by atoms with Crippen LogP contribution in [0.1, 0.15) is 24.3 Å². The largest absolute Gasteiger partial charge is 0.482 e. The van der Waals surface area contributed by atoms with Crippen LogP contribution >= 0.6 is 7.37 Å². The van der Waals surface area contributed by atoms with Crippen molar-refractivity contribution in [3.63, 3.8) is 0 Å². The van der Waals surface area contributed by atoms with Gasteiger partial charge >= 0.3 is 11.9 Å².